The van der Waals surface area contributed by atoms with E-state index in [0.717, 1.165) is 11.5 Å². The van der Waals surface area contributed by atoms with Crippen molar-refractivity contribution in [1.82, 2.24) is 0 Å². The quantitative estimate of drug-likeness (QED) is 0.669. The summed E-state index contributed by atoms with van der Waals surface area (Å²) in [5.41, 5.74) is 0.664. The van der Waals surface area contributed by atoms with Crippen molar-refractivity contribution >= 4 is 5.97 Å². The van der Waals surface area contributed by atoms with Crippen molar-refractivity contribution < 1.29 is 14.3 Å². The number of carbonyl (C=O) groups is 1. The van der Waals surface area contributed by atoms with Gasteiger partial charge in [0, 0.05) is 6.07 Å². The van der Waals surface area contributed by atoms with Gasteiger partial charge in [-0.05, 0) is 17.7 Å². The fourth-order valence-corrected chi connectivity index (χ4v) is 1.71. The summed E-state index contributed by atoms with van der Waals surface area (Å²) in [7, 11) is 1.27. The summed E-state index contributed by atoms with van der Waals surface area (Å²) in [5, 5.41) is 8.73. The Balaban J connectivity index is 0.000000231. The van der Waals surface area contributed by atoms with Crippen LogP contribution in [0.5, 0.6) is 11.5 Å². The van der Waals surface area contributed by atoms with Crippen LogP contribution in [0.4, 0.5) is 0 Å². The summed E-state index contributed by atoms with van der Waals surface area (Å²) in [6, 6.07) is 18.6. The van der Waals surface area contributed by atoms with Crippen molar-refractivity contribution in [3.63, 3.8) is 0 Å². The molecule has 0 aromatic heterocycles. The molecule has 4 nitrogen and oxygen atoms in total. The van der Waals surface area contributed by atoms with Crippen LogP contribution in [0.1, 0.15) is 18.9 Å². The lowest BCUT2D eigenvalue weighted by atomic mass is 10.0. The molecule has 2 aromatic rings. The smallest absolute Gasteiger partial charge is 0.327 e. The van der Waals surface area contributed by atoms with Crippen LogP contribution in [0.25, 0.3) is 0 Å². The number of hydrogen-bond donors (Lipinski definition) is 0. The number of rotatable bonds is 2. The van der Waals surface area contributed by atoms with Gasteiger partial charge in [-0.15, -0.1) is 0 Å². The lowest BCUT2D eigenvalue weighted by Gasteiger charge is -2.13. The predicted molar refractivity (Wildman–Crippen MR) is 80.1 cm³/mol. The fourth-order valence-electron chi connectivity index (χ4n) is 1.71. The summed E-state index contributed by atoms with van der Waals surface area (Å²) in [4.78, 5) is 11.1. The van der Waals surface area contributed by atoms with Crippen molar-refractivity contribution in [3.05, 3.63) is 60.2 Å². The monoisotopic (exact) mass is 283 g/mol. The van der Waals surface area contributed by atoms with E-state index in [1.54, 1.807) is 24.3 Å². The first-order chi connectivity index (χ1) is 9.74. The van der Waals surface area contributed by atoms with E-state index in [1.807, 2.05) is 36.4 Å². The Hall–Kier alpha value is -2.80. The van der Waals surface area contributed by atoms with Gasteiger partial charge in [0.15, 0.2) is 5.92 Å². The highest BCUT2D eigenvalue weighted by atomic mass is 16.5. The second-order valence-corrected chi connectivity index (χ2v) is 4.07. The number of nitriles is 1. The molecule has 0 aliphatic carbocycles. The van der Waals surface area contributed by atoms with E-state index in [0.29, 0.717) is 5.56 Å². The minimum absolute atomic E-state index is 0. The first kappa shape index (κ1) is 16.3. The molecule has 0 saturated carbocycles. The maximum absolute atomic E-state index is 11.1. The lowest BCUT2D eigenvalue weighted by molar-refractivity contribution is -0.140. The maximum Gasteiger partial charge on any atom is 0.327 e. The third kappa shape index (κ3) is 4.08. The van der Waals surface area contributed by atoms with Crippen LogP contribution >= 0.6 is 0 Å². The van der Waals surface area contributed by atoms with E-state index in [2.05, 4.69) is 4.74 Å². The van der Waals surface area contributed by atoms with Gasteiger partial charge in [0.05, 0.1) is 13.2 Å². The van der Waals surface area contributed by atoms with Crippen molar-refractivity contribution in [2.45, 2.75) is 13.3 Å². The zero-order chi connectivity index (χ0) is 14.4. The van der Waals surface area contributed by atoms with Crippen LogP contribution < -0.4 is 4.74 Å². The topological polar surface area (TPSA) is 59.3 Å². The molecule has 2 aliphatic heterocycles. The largest absolute Gasteiger partial charge is 0.468 e. The zero-order valence-corrected chi connectivity index (χ0v) is 10.9. The van der Waals surface area contributed by atoms with Crippen LogP contribution in [0.2, 0.25) is 0 Å². The second kappa shape index (κ2) is 7.71. The van der Waals surface area contributed by atoms with E-state index < -0.39 is 11.9 Å². The summed E-state index contributed by atoms with van der Waals surface area (Å²) >= 11 is 0. The van der Waals surface area contributed by atoms with Crippen LogP contribution in [0.15, 0.2) is 54.6 Å². The molecule has 0 spiro atoms. The molecule has 0 saturated heterocycles. The molecule has 0 amide bonds. The number of esters is 1. The Labute approximate surface area is 124 Å². The van der Waals surface area contributed by atoms with Crippen LogP contribution in [0, 0.1) is 11.3 Å². The molecule has 2 bridgehead atoms. The summed E-state index contributed by atoms with van der Waals surface area (Å²) in [6.45, 7) is 0. The Morgan fingerprint density at radius 1 is 1.14 bits per heavy atom. The molecule has 4 heteroatoms. The van der Waals surface area contributed by atoms with Crippen molar-refractivity contribution in [3.8, 4) is 17.6 Å². The van der Waals surface area contributed by atoms with Crippen molar-refractivity contribution in [2.24, 2.45) is 0 Å². The Bertz CT molecular complexity index is 607. The van der Waals surface area contributed by atoms with Gasteiger partial charge in [0.2, 0.25) is 0 Å². The summed E-state index contributed by atoms with van der Waals surface area (Å²) in [5.74, 6) is 0.634. The molecule has 1 atom stereocenters. The number of benzene rings is 2. The first-order valence-corrected chi connectivity index (χ1v) is 6.05. The molecule has 0 N–H and O–H groups in total. The molecular weight excluding hydrogens is 266 g/mol. The number of methoxy groups -OCH3 is 1. The SMILES string of the molecule is C.COC(=O)C(C#N)c1ccccc1.c1cc2cc(c1)O2. The van der Waals surface area contributed by atoms with Crippen LogP contribution in [-0.2, 0) is 9.53 Å². The highest BCUT2D eigenvalue weighted by Gasteiger charge is 2.19. The van der Waals surface area contributed by atoms with Gasteiger partial charge in [-0.1, -0.05) is 43.8 Å². The molecular formula is C17H17NO3. The van der Waals surface area contributed by atoms with Gasteiger partial charge in [-0.3, -0.25) is 4.79 Å². The number of nitrogens with zero attached hydrogens (tertiary/aromatic N) is 1. The van der Waals surface area contributed by atoms with Gasteiger partial charge >= 0.3 is 5.97 Å². The van der Waals surface area contributed by atoms with E-state index in [9.17, 15) is 4.79 Å². The molecule has 0 radical (unpaired) electrons. The fraction of sp³-hybridized carbons (Fsp3) is 0.176. The first-order valence-electron chi connectivity index (χ1n) is 6.05. The normalized spacial score (nSPS) is 11.0. The second-order valence-electron chi connectivity index (χ2n) is 4.07. The number of hydrogen-bond acceptors (Lipinski definition) is 4. The Kier molecular flexibility index (Phi) is 5.97. The molecule has 0 fully saturated rings. The minimum atomic E-state index is -0.814. The van der Waals surface area contributed by atoms with Crippen molar-refractivity contribution in [1.29, 1.82) is 5.26 Å². The van der Waals surface area contributed by atoms with E-state index in [-0.39, 0.29) is 7.43 Å². The van der Waals surface area contributed by atoms with E-state index in [1.165, 1.54) is 7.11 Å². The summed E-state index contributed by atoms with van der Waals surface area (Å²) in [6.07, 6.45) is 0. The predicted octanol–water partition coefficient (Wildman–Crippen LogP) is 3.90. The molecule has 2 aliphatic rings. The van der Waals surface area contributed by atoms with Gasteiger partial charge in [0.1, 0.15) is 11.5 Å². The highest BCUT2D eigenvalue weighted by molar-refractivity contribution is 5.81. The number of carbonyl (C=O) groups excluding carboxylic acids is 1. The maximum atomic E-state index is 11.1. The highest BCUT2D eigenvalue weighted by Crippen LogP contribution is 2.32. The van der Waals surface area contributed by atoms with Crippen LogP contribution in [-0.4, -0.2) is 13.1 Å². The number of fused-ring (bicyclic) bond motifs is 2. The average molecular weight is 283 g/mol. The zero-order valence-electron chi connectivity index (χ0n) is 10.9. The standard InChI is InChI=1S/C10H9NO2.C6H4O.CH4/c1-13-10(12)9(7-11)8-5-3-2-4-6-8;1-2-5-4-6(3-1)7-5;/h2-6,9H,1H3;1-4H;1H4. The molecule has 108 valence electrons. The molecule has 4 rings (SSSR count). The van der Waals surface area contributed by atoms with Gasteiger partial charge in [-0.25, -0.2) is 0 Å². The lowest BCUT2D eigenvalue weighted by Crippen LogP contribution is -2.12. The van der Waals surface area contributed by atoms with E-state index >= 15 is 0 Å². The Morgan fingerprint density at radius 2 is 1.71 bits per heavy atom. The van der Waals surface area contributed by atoms with Crippen molar-refractivity contribution in [2.75, 3.05) is 7.11 Å². The summed E-state index contributed by atoms with van der Waals surface area (Å²) < 4.78 is 9.51. The molecule has 2 aromatic carbocycles. The van der Waals surface area contributed by atoms with Gasteiger partial charge in [0.25, 0.3) is 0 Å². The van der Waals surface area contributed by atoms with Gasteiger partial charge in [-0.2, -0.15) is 5.26 Å². The molecule has 2 heterocycles. The third-order valence-electron chi connectivity index (χ3n) is 2.74. The minimum Gasteiger partial charge on any atom is -0.468 e. The third-order valence-corrected chi connectivity index (χ3v) is 2.74. The Morgan fingerprint density at radius 3 is 2.05 bits per heavy atom. The average Bonchev–Trinajstić information content (AvgIpc) is 2.49. The molecule has 21 heavy (non-hydrogen) atoms. The van der Waals surface area contributed by atoms with E-state index in [4.69, 9.17) is 10.00 Å². The van der Waals surface area contributed by atoms with Gasteiger partial charge < -0.3 is 9.47 Å². The van der Waals surface area contributed by atoms with Crippen LogP contribution in [0.3, 0.4) is 0 Å². The number of ether oxygens (including phenoxy) is 2. The molecule has 1 unspecified atom stereocenters.